The summed E-state index contributed by atoms with van der Waals surface area (Å²) in [5, 5.41) is 10.1. The molecular formula is C13H22N2O2. The number of hydrogen-bond acceptors (Lipinski definition) is 4. The molecule has 1 N–H and O–H groups in total. The summed E-state index contributed by atoms with van der Waals surface area (Å²) in [6.07, 6.45) is 1.79. The summed E-state index contributed by atoms with van der Waals surface area (Å²) in [6.45, 7) is 7.12. The number of methoxy groups -OCH3 is 1. The standard InChI is InChI=1S/C13H22N2O2/c1-4-15(5-2)10-8-11(16)13-12(17-3)7-6-9-14-13/h6-7,9,11,16H,4-5,8,10H2,1-3H3. The lowest BCUT2D eigenvalue weighted by Gasteiger charge is -2.20. The maximum absolute atomic E-state index is 10.1. The average Bonchev–Trinajstić information content (AvgIpc) is 2.39. The molecule has 1 aromatic rings. The smallest absolute Gasteiger partial charge is 0.143 e. The van der Waals surface area contributed by atoms with Gasteiger partial charge in [0.15, 0.2) is 0 Å². The van der Waals surface area contributed by atoms with Gasteiger partial charge in [0.25, 0.3) is 0 Å². The van der Waals surface area contributed by atoms with Gasteiger partial charge in [-0.1, -0.05) is 13.8 Å². The van der Waals surface area contributed by atoms with Crippen molar-refractivity contribution in [3.63, 3.8) is 0 Å². The molecule has 1 aromatic heterocycles. The van der Waals surface area contributed by atoms with Crippen LogP contribution >= 0.6 is 0 Å². The van der Waals surface area contributed by atoms with E-state index in [1.807, 2.05) is 6.07 Å². The lowest BCUT2D eigenvalue weighted by atomic mass is 10.1. The van der Waals surface area contributed by atoms with Crippen molar-refractivity contribution in [3.8, 4) is 5.75 Å². The summed E-state index contributed by atoms with van der Waals surface area (Å²) in [5.41, 5.74) is 0.627. The summed E-state index contributed by atoms with van der Waals surface area (Å²) in [6, 6.07) is 3.63. The van der Waals surface area contributed by atoms with Crippen molar-refractivity contribution in [3.05, 3.63) is 24.0 Å². The second-order valence-electron chi connectivity index (χ2n) is 3.92. The normalized spacial score (nSPS) is 12.8. The van der Waals surface area contributed by atoms with Crippen molar-refractivity contribution < 1.29 is 9.84 Å². The number of aliphatic hydroxyl groups is 1. The lowest BCUT2D eigenvalue weighted by molar-refractivity contribution is 0.138. The fraction of sp³-hybridized carbons (Fsp3) is 0.615. The summed E-state index contributed by atoms with van der Waals surface area (Å²) in [5.74, 6) is 0.652. The van der Waals surface area contributed by atoms with E-state index >= 15 is 0 Å². The third kappa shape index (κ3) is 3.98. The van der Waals surface area contributed by atoms with E-state index in [1.54, 1.807) is 19.4 Å². The molecule has 0 amide bonds. The van der Waals surface area contributed by atoms with E-state index in [4.69, 9.17) is 4.74 Å². The number of ether oxygens (including phenoxy) is 1. The molecule has 4 heteroatoms. The molecule has 0 fully saturated rings. The van der Waals surface area contributed by atoms with E-state index in [9.17, 15) is 5.11 Å². The van der Waals surface area contributed by atoms with Crippen LogP contribution in [0.5, 0.6) is 5.75 Å². The molecule has 4 nitrogen and oxygen atoms in total. The van der Waals surface area contributed by atoms with Crippen LogP contribution in [0, 0.1) is 0 Å². The summed E-state index contributed by atoms with van der Waals surface area (Å²) < 4.78 is 5.19. The van der Waals surface area contributed by atoms with Gasteiger partial charge in [-0.15, -0.1) is 0 Å². The summed E-state index contributed by atoms with van der Waals surface area (Å²) in [7, 11) is 1.59. The van der Waals surface area contributed by atoms with E-state index in [1.165, 1.54) is 0 Å². The zero-order chi connectivity index (χ0) is 12.7. The number of aliphatic hydroxyl groups excluding tert-OH is 1. The number of rotatable bonds is 7. The molecule has 0 aliphatic carbocycles. The fourth-order valence-electron chi connectivity index (χ4n) is 1.81. The molecule has 0 aromatic carbocycles. The minimum atomic E-state index is -0.563. The van der Waals surface area contributed by atoms with Gasteiger partial charge < -0.3 is 14.7 Å². The van der Waals surface area contributed by atoms with Crippen molar-refractivity contribution in [2.24, 2.45) is 0 Å². The number of pyridine rings is 1. The van der Waals surface area contributed by atoms with Crippen molar-refractivity contribution >= 4 is 0 Å². The van der Waals surface area contributed by atoms with Gasteiger partial charge in [0, 0.05) is 12.7 Å². The van der Waals surface area contributed by atoms with Gasteiger partial charge >= 0.3 is 0 Å². The van der Waals surface area contributed by atoms with Crippen LogP contribution in [0.25, 0.3) is 0 Å². The Hall–Kier alpha value is -1.13. The van der Waals surface area contributed by atoms with Crippen molar-refractivity contribution in [1.82, 2.24) is 9.88 Å². The maximum Gasteiger partial charge on any atom is 0.143 e. The first-order chi connectivity index (χ1) is 8.22. The van der Waals surface area contributed by atoms with E-state index in [2.05, 4.69) is 23.7 Å². The molecule has 17 heavy (non-hydrogen) atoms. The average molecular weight is 238 g/mol. The minimum absolute atomic E-state index is 0.563. The van der Waals surface area contributed by atoms with Crippen LogP contribution in [-0.2, 0) is 0 Å². The van der Waals surface area contributed by atoms with E-state index in [0.717, 1.165) is 19.6 Å². The third-order valence-electron chi connectivity index (χ3n) is 2.95. The molecule has 0 aliphatic rings. The quantitative estimate of drug-likeness (QED) is 0.787. The fourth-order valence-corrected chi connectivity index (χ4v) is 1.81. The highest BCUT2D eigenvalue weighted by Gasteiger charge is 2.15. The van der Waals surface area contributed by atoms with Gasteiger partial charge in [0.05, 0.1) is 7.11 Å². The zero-order valence-electron chi connectivity index (χ0n) is 10.9. The summed E-state index contributed by atoms with van der Waals surface area (Å²) >= 11 is 0. The second-order valence-corrected chi connectivity index (χ2v) is 3.92. The number of hydrogen-bond donors (Lipinski definition) is 1. The van der Waals surface area contributed by atoms with Gasteiger partial charge in [0.1, 0.15) is 17.5 Å². The highest BCUT2D eigenvalue weighted by molar-refractivity contribution is 5.28. The van der Waals surface area contributed by atoms with Crippen molar-refractivity contribution in [2.45, 2.75) is 26.4 Å². The molecular weight excluding hydrogens is 216 g/mol. The molecule has 0 spiro atoms. The Bertz CT molecular complexity index is 327. The molecule has 0 saturated carbocycles. The Balaban J connectivity index is 2.60. The third-order valence-corrected chi connectivity index (χ3v) is 2.95. The number of aromatic nitrogens is 1. The first kappa shape index (κ1) is 13.9. The molecule has 96 valence electrons. The van der Waals surface area contributed by atoms with E-state index in [-0.39, 0.29) is 0 Å². The Morgan fingerprint density at radius 3 is 2.71 bits per heavy atom. The van der Waals surface area contributed by atoms with Crippen LogP contribution in [0.4, 0.5) is 0 Å². The van der Waals surface area contributed by atoms with Gasteiger partial charge in [-0.3, -0.25) is 4.98 Å². The van der Waals surface area contributed by atoms with Gasteiger partial charge in [-0.25, -0.2) is 0 Å². The highest BCUT2D eigenvalue weighted by Crippen LogP contribution is 2.24. The molecule has 0 bridgehead atoms. The molecule has 1 atom stereocenters. The first-order valence-corrected chi connectivity index (χ1v) is 6.12. The van der Waals surface area contributed by atoms with Crippen LogP contribution in [-0.4, -0.2) is 41.7 Å². The topological polar surface area (TPSA) is 45.6 Å². The van der Waals surface area contributed by atoms with Crippen LogP contribution in [0.3, 0.4) is 0 Å². The Morgan fingerprint density at radius 1 is 1.41 bits per heavy atom. The van der Waals surface area contributed by atoms with E-state index < -0.39 is 6.10 Å². The minimum Gasteiger partial charge on any atom is -0.495 e. The Labute approximate surface area is 103 Å². The van der Waals surface area contributed by atoms with Crippen molar-refractivity contribution in [2.75, 3.05) is 26.7 Å². The SMILES string of the molecule is CCN(CC)CCC(O)c1ncccc1OC. The highest BCUT2D eigenvalue weighted by atomic mass is 16.5. The molecule has 1 unspecified atom stereocenters. The predicted molar refractivity (Wildman–Crippen MR) is 68.2 cm³/mol. The second kappa shape index (κ2) is 7.25. The van der Waals surface area contributed by atoms with E-state index in [0.29, 0.717) is 17.9 Å². The predicted octanol–water partition coefficient (Wildman–Crippen LogP) is 1.86. The summed E-state index contributed by atoms with van der Waals surface area (Å²) in [4.78, 5) is 6.46. The maximum atomic E-state index is 10.1. The molecule has 1 rings (SSSR count). The lowest BCUT2D eigenvalue weighted by Crippen LogP contribution is -2.25. The monoisotopic (exact) mass is 238 g/mol. The van der Waals surface area contributed by atoms with Crippen LogP contribution in [0.2, 0.25) is 0 Å². The van der Waals surface area contributed by atoms with Crippen LogP contribution in [0.15, 0.2) is 18.3 Å². The van der Waals surface area contributed by atoms with Gasteiger partial charge in [-0.2, -0.15) is 0 Å². The first-order valence-electron chi connectivity index (χ1n) is 6.12. The number of nitrogens with zero attached hydrogens (tertiary/aromatic N) is 2. The molecule has 0 saturated heterocycles. The Kier molecular flexibility index (Phi) is 5.94. The van der Waals surface area contributed by atoms with Gasteiger partial charge in [-0.05, 0) is 31.6 Å². The molecule has 0 aliphatic heterocycles. The Morgan fingerprint density at radius 2 is 2.12 bits per heavy atom. The van der Waals surface area contributed by atoms with Gasteiger partial charge in [0.2, 0.25) is 0 Å². The largest absolute Gasteiger partial charge is 0.495 e. The zero-order valence-corrected chi connectivity index (χ0v) is 10.9. The molecule has 1 heterocycles. The van der Waals surface area contributed by atoms with Crippen molar-refractivity contribution in [1.29, 1.82) is 0 Å². The molecule has 0 radical (unpaired) electrons. The van der Waals surface area contributed by atoms with Crippen LogP contribution < -0.4 is 4.74 Å². The van der Waals surface area contributed by atoms with Crippen LogP contribution in [0.1, 0.15) is 32.1 Å².